The van der Waals surface area contributed by atoms with Gasteiger partial charge in [0, 0.05) is 30.4 Å². The smallest absolute Gasteiger partial charge is 0.213 e. The Morgan fingerprint density at radius 2 is 2.03 bits per heavy atom. The van der Waals surface area contributed by atoms with Crippen molar-refractivity contribution >= 4 is 24.4 Å². The second kappa shape index (κ2) is 12.1. The van der Waals surface area contributed by atoms with Gasteiger partial charge in [-0.25, -0.2) is 4.98 Å². The highest BCUT2D eigenvalue weighted by Gasteiger charge is 2.23. The molecule has 0 amide bonds. The third-order valence-corrected chi connectivity index (χ3v) is 5.20. The predicted octanol–water partition coefficient (Wildman–Crippen LogP) is 3.60. The van der Waals surface area contributed by atoms with Gasteiger partial charge in [-0.2, -0.15) is 0 Å². The van der Waals surface area contributed by atoms with Crippen LogP contribution in [0, 0.1) is 0 Å². The Labute approximate surface area is 188 Å². The molecule has 9 heteroatoms. The fraction of sp³-hybridized carbons (Fsp3) is 0.409. The zero-order valence-corrected chi connectivity index (χ0v) is 18.5. The molecular formula is C22H28ClN3O5. The number of oxime groups is 1. The lowest BCUT2D eigenvalue weighted by molar-refractivity contribution is 0.0913. The Hall–Kier alpha value is -2.84. The highest BCUT2D eigenvalue weighted by atomic mass is 35.5. The van der Waals surface area contributed by atoms with Crippen molar-refractivity contribution in [2.75, 3.05) is 27.4 Å². The number of piperidine rings is 1. The summed E-state index contributed by atoms with van der Waals surface area (Å²) in [7, 11) is 3.27. The van der Waals surface area contributed by atoms with Gasteiger partial charge in [0.1, 0.15) is 12.8 Å². The zero-order valence-electron chi connectivity index (χ0n) is 17.7. The van der Waals surface area contributed by atoms with Gasteiger partial charge in [0.2, 0.25) is 11.7 Å². The number of nitrogens with zero attached hydrogens (tertiary/aromatic N) is 3. The van der Waals surface area contributed by atoms with Crippen LogP contribution in [0.25, 0.3) is 0 Å². The molecule has 2 heterocycles. The van der Waals surface area contributed by atoms with Gasteiger partial charge >= 0.3 is 0 Å². The summed E-state index contributed by atoms with van der Waals surface area (Å²) < 4.78 is 16.6. The summed E-state index contributed by atoms with van der Waals surface area (Å²) in [6.45, 7) is 2.32. The van der Waals surface area contributed by atoms with E-state index in [0.717, 1.165) is 55.6 Å². The molecule has 0 spiro atoms. The monoisotopic (exact) mass is 449 g/mol. The summed E-state index contributed by atoms with van der Waals surface area (Å²) in [6.07, 6.45) is 5.63. The average Bonchev–Trinajstić information content (AvgIpc) is 2.79. The molecule has 1 aromatic heterocycles. The second-order valence-electron chi connectivity index (χ2n) is 7.11. The van der Waals surface area contributed by atoms with Crippen LogP contribution in [-0.4, -0.2) is 60.5 Å². The zero-order chi connectivity index (χ0) is 21.3. The van der Waals surface area contributed by atoms with E-state index in [9.17, 15) is 4.79 Å². The van der Waals surface area contributed by atoms with Gasteiger partial charge in [0.05, 0.1) is 14.2 Å². The van der Waals surface area contributed by atoms with E-state index in [1.54, 1.807) is 26.4 Å². The topological polar surface area (TPSA) is 93.5 Å². The van der Waals surface area contributed by atoms with Crippen molar-refractivity contribution in [3.63, 3.8) is 0 Å². The maximum absolute atomic E-state index is 11.7. The fourth-order valence-corrected chi connectivity index (χ4v) is 3.59. The van der Waals surface area contributed by atoms with Crippen LogP contribution in [-0.2, 0) is 6.54 Å². The van der Waals surface area contributed by atoms with Crippen LogP contribution in [0.2, 0.25) is 0 Å². The second-order valence-corrected chi connectivity index (χ2v) is 7.11. The minimum absolute atomic E-state index is 0. The number of aromatic nitrogens is 1. The molecule has 1 aliphatic heterocycles. The van der Waals surface area contributed by atoms with Gasteiger partial charge in [-0.15, -0.1) is 12.4 Å². The number of ketones is 1. The molecule has 1 unspecified atom stereocenters. The van der Waals surface area contributed by atoms with Crippen molar-refractivity contribution in [3.8, 4) is 17.4 Å². The SMILES string of the molecule is COc1ccc(CN2CCCCC2COc2ccc(C(=O)C=NO)cn2)cc1OC.Cl. The van der Waals surface area contributed by atoms with Gasteiger partial charge in [0.15, 0.2) is 11.5 Å². The Kier molecular flexibility index (Phi) is 9.55. The molecule has 2 aromatic rings. The molecule has 1 N–H and O–H groups in total. The van der Waals surface area contributed by atoms with E-state index in [-0.39, 0.29) is 18.4 Å². The standard InChI is InChI=1S/C22H27N3O5.ClH/c1-28-20-8-6-16(11-21(20)29-2)14-25-10-4-3-5-18(25)15-30-22-9-7-17(12-23-22)19(26)13-24-27;/h6-9,11-13,18,27H,3-5,10,14-15H2,1-2H3;1H. The van der Waals surface area contributed by atoms with Gasteiger partial charge in [0.25, 0.3) is 0 Å². The van der Waals surface area contributed by atoms with Gasteiger partial charge in [-0.1, -0.05) is 17.6 Å². The molecule has 8 nitrogen and oxygen atoms in total. The van der Waals surface area contributed by atoms with Crippen molar-refractivity contribution in [2.45, 2.75) is 31.8 Å². The summed E-state index contributed by atoms with van der Waals surface area (Å²) in [6, 6.07) is 9.53. The molecule has 168 valence electrons. The van der Waals surface area contributed by atoms with Crippen molar-refractivity contribution in [2.24, 2.45) is 5.16 Å². The number of carbonyl (C=O) groups is 1. The third kappa shape index (κ3) is 6.57. The molecule has 0 bridgehead atoms. The highest BCUT2D eigenvalue weighted by molar-refractivity contribution is 6.35. The predicted molar refractivity (Wildman–Crippen MR) is 119 cm³/mol. The molecule has 0 radical (unpaired) electrons. The molecular weight excluding hydrogens is 422 g/mol. The first kappa shape index (κ1) is 24.4. The summed E-state index contributed by atoms with van der Waals surface area (Å²) >= 11 is 0. The largest absolute Gasteiger partial charge is 0.493 e. The van der Waals surface area contributed by atoms with Gasteiger partial charge in [-0.3, -0.25) is 9.69 Å². The lowest BCUT2D eigenvalue weighted by Gasteiger charge is -2.35. The number of hydrogen-bond acceptors (Lipinski definition) is 8. The number of pyridine rings is 1. The molecule has 3 rings (SSSR count). The number of ether oxygens (including phenoxy) is 3. The molecule has 31 heavy (non-hydrogen) atoms. The Morgan fingerprint density at radius 3 is 2.71 bits per heavy atom. The van der Waals surface area contributed by atoms with Crippen molar-refractivity contribution < 1.29 is 24.2 Å². The first-order valence-electron chi connectivity index (χ1n) is 9.90. The van der Waals surface area contributed by atoms with Crippen LogP contribution in [0.5, 0.6) is 17.4 Å². The van der Waals surface area contributed by atoms with Crippen molar-refractivity contribution in [1.82, 2.24) is 9.88 Å². The molecule has 0 aliphatic carbocycles. The van der Waals surface area contributed by atoms with Gasteiger partial charge < -0.3 is 19.4 Å². The average molecular weight is 450 g/mol. The molecule has 0 saturated carbocycles. The van der Waals surface area contributed by atoms with Crippen LogP contribution >= 0.6 is 12.4 Å². The summed E-state index contributed by atoms with van der Waals surface area (Å²) in [4.78, 5) is 18.2. The van der Waals surface area contributed by atoms with E-state index in [1.807, 2.05) is 12.1 Å². The van der Waals surface area contributed by atoms with Crippen LogP contribution in [0.15, 0.2) is 41.7 Å². The van der Waals surface area contributed by atoms with Crippen LogP contribution in [0.3, 0.4) is 0 Å². The lowest BCUT2D eigenvalue weighted by atomic mass is 10.0. The third-order valence-electron chi connectivity index (χ3n) is 5.20. The minimum Gasteiger partial charge on any atom is -0.493 e. The molecule has 1 aliphatic rings. The number of likely N-dealkylation sites (tertiary alicyclic amines) is 1. The number of halogens is 1. The van der Waals surface area contributed by atoms with Crippen molar-refractivity contribution in [3.05, 3.63) is 47.7 Å². The van der Waals surface area contributed by atoms with E-state index in [2.05, 4.69) is 21.1 Å². The highest BCUT2D eigenvalue weighted by Crippen LogP contribution is 2.29. The van der Waals surface area contributed by atoms with Crippen molar-refractivity contribution in [1.29, 1.82) is 0 Å². The van der Waals surface area contributed by atoms with E-state index in [1.165, 1.54) is 6.20 Å². The number of methoxy groups -OCH3 is 2. The van der Waals surface area contributed by atoms with Crippen LogP contribution in [0.1, 0.15) is 35.2 Å². The van der Waals surface area contributed by atoms with Gasteiger partial charge in [-0.05, 0) is 43.1 Å². The maximum atomic E-state index is 11.7. The Balaban J connectivity index is 0.00000341. The Morgan fingerprint density at radius 1 is 1.23 bits per heavy atom. The summed E-state index contributed by atoms with van der Waals surface area (Å²) in [5, 5.41) is 11.2. The fourth-order valence-electron chi connectivity index (χ4n) is 3.59. The van der Waals surface area contributed by atoms with E-state index >= 15 is 0 Å². The van der Waals surface area contributed by atoms with E-state index < -0.39 is 5.78 Å². The summed E-state index contributed by atoms with van der Waals surface area (Å²) in [5.74, 6) is 1.50. The first-order valence-corrected chi connectivity index (χ1v) is 9.90. The lowest BCUT2D eigenvalue weighted by Crippen LogP contribution is -2.42. The minimum atomic E-state index is -0.412. The normalized spacial score (nSPS) is 16.5. The number of rotatable bonds is 9. The Bertz CT molecular complexity index is 876. The molecule has 1 aromatic carbocycles. The molecule has 1 saturated heterocycles. The quantitative estimate of drug-likeness (QED) is 0.270. The van der Waals surface area contributed by atoms with E-state index in [4.69, 9.17) is 19.4 Å². The number of Topliss-reactive ketones (excluding diaryl/α,β-unsaturated/α-hetero) is 1. The number of benzene rings is 1. The van der Waals surface area contributed by atoms with Crippen LogP contribution < -0.4 is 14.2 Å². The summed E-state index contributed by atoms with van der Waals surface area (Å²) in [5.41, 5.74) is 1.50. The van der Waals surface area contributed by atoms with Crippen LogP contribution in [0.4, 0.5) is 0 Å². The molecule has 1 atom stereocenters. The van der Waals surface area contributed by atoms with E-state index in [0.29, 0.717) is 18.1 Å². The molecule has 1 fully saturated rings. The maximum Gasteiger partial charge on any atom is 0.213 e. The number of carbonyl (C=O) groups excluding carboxylic acids is 1. The first-order chi connectivity index (χ1) is 14.6. The number of hydrogen-bond donors (Lipinski definition) is 1.